The number of hydrogen-bond donors (Lipinski definition) is 0. The summed E-state index contributed by atoms with van der Waals surface area (Å²) in [5.41, 5.74) is -0.405. The Kier molecular flexibility index (Phi) is 3.53. The van der Waals surface area contributed by atoms with Crippen molar-refractivity contribution in [3.63, 3.8) is 0 Å². The Morgan fingerprint density at radius 3 is 2.87 bits per heavy atom. The topological polar surface area (TPSA) is 70.2 Å². The molecular weight excluding hydrogens is 212 g/mol. The summed E-state index contributed by atoms with van der Waals surface area (Å²) in [6.07, 6.45) is -1.54. The van der Waals surface area contributed by atoms with E-state index in [1.807, 2.05) is 0 Å². The highest BCUT2D eigenvalue weighted by atomic mass is 19.3. The number of alkyl halides is 2. The van der Waals surface area contributed by atoms with Gasteiger partial charge in [0, 0.05) is 6.54 Å². The highest BCUT2D eigenvalue weighted by Crippen LogP contribution is 2.24. The van der Waals surface area contributed by atoms with Crippen molar-refractivity contribution in [1.82, 2.24) is 9.78 Å². The second kappa shape index (κ2) is 4.67. The summed E-state index contributed by atoms with van der Waals surface area (Å²) < 4.78 is 29.4. The normalized spacial score (nSPS) is 10.7. The van der Waals surface area contributed by atoms with Crippen LogP contribution in [0, 0.1) is 10.1 Å². The molecule has 0 aliphatic rings. The third-order valence-corrected chi connectivity index (χ3v) is 1.58. The van der Waals surface area contributed by atoms with Crippen LogP contribution in [0.2, 0.25) is 0 Å². The summed E-state index contributed by atoms with van der Waals surface area (Å²) in [7, 11) is 0. The highest BCUT2D eigenvalue weighted by Gasteiger charge is 2.21. The Bertz CT molecular complexity index is 353. The number of halogens is 2. The number of hydrogen-bond acceptors (Lipinski definition) is 4. The third-order valence-electron chi connectivity index (χ3n) is 1.58. The first-order chi connectivity index (χ1) is 7.04. The monoisotopic (exact) mass is 221 g/mol. The van der Waals surface area contributed by atoms with Gasteiger partial charge in [0.05, 0.1) is 4.92 Å². The average molecular weight is 221 g/mol. The fourth-order valence-corrected chi connectivity index (χ4v) is 0.925. The Labute approximate surface area is 83.6 Å². The van der Waals surface area contributed by atoms with E-state index >= 15 is 0 Å². The summed E-state index contributed by atoms with van der Waals surface area (Å²) in [4.78, 5) is 9.76. The van der Waals surface area contributed by atoms with E-state index in [2.05, 4.69) is 9.84 Å². The zero-order valence-corrected chi connectivity index (χ0v) is 7.89. The van der Waals surface area contributed by atoms with Gasteiger partial charge in [-0.2, -0.15) is 0 Å². The van der Waals surface area contributed by atoms with Crippen molar-refractivity contribution in [1.29, 1.82) is 0 Å². The van der Waals surface area contributed by atoms with Gasteiger partial charge in [-0.15, -0.1) is 5.10 Å². The van der Waals surface area contributed by atoms with Gasteiger partial charge >= 0.3 is 11.6 Å². The van der Waals surface area contributed by atoms with E-state index in [1.165, 1.54) is 4.68 Å². The molecule has 0 fully saturated rings. The van der Waals surface area contributed by atoms with Crippen LogP contribution < -0.4 is 4.74 Å². The molecule has 15 heavy (non-hydrogen) atoms. The van der Waals surface area contributed by atoms with Gasteiger partial charge in [-0.25, -0.2) is 8.78 Å². The van der Waals surface area contributed by atoms with Crippen molar-refractivity contribution < 1.29 is 18.4 Å². The first kappa shape index (κ1) is 11.3. The predicted octanol–water partition coefficient (Wildman–Crippen LogP) is 1.46. The summed E-state index contributed by atoms with van der Waals surface area (Å²) in [5, 5.41) is 14.1. The number of nitro groups is 1. The van der Waals surface area contributed by atoms with E-state index < -0.39 is 23.6 Å². The summed E-state index contributed by atoms with van der Waals surface area (Å²) >= 11 is 0. The molecule has 1 aromatic rings. The molecule has 0 amide bonds. The molecule has 0 atom stereocenters. The molecule has 0 N–H and O–H groups in total. The second-order valence-electron chi connectivity index (χ2n) is 2.63. The number of nitrogens with zero attached hydrogens (tertiary/aromatic N) is 3. The molecule has 0 unspecified atom stereocenters. The molecule has 0 saturated carbocycles. The van der Waals surface area contributed by atoms with E-state index in [-0.39, 0.29) is 5.88 Å². The van der Waals surface area contributed by atoms with Crippen LogP contribution in [-0.4, -0.2) is 27.7 Å². The Balaban J connectivity index is 2.84. The Morgan fingerprint density at radius 1 is 1.73 bits per heavy atom. The third kappa shape index (κ3) is 2.86. The maximum Gasteiger partial charge on any atom is 0.350 e. The quantitative estimate of drug-likeness (QED) is 0.557. The van der Waals surface area contributed by atoms with Crippen molar-refractivity contribution in [2.24, 2.45) is 0 Å². The minimum Gasteiger partial charge on any atom is -0.466 e. The van der Waals surface area contributed by atoms with Crippen molar-refractivity contribution in [3.05, 3.63) is 16.3 Å². The molecule has 0 spiro atoms. The second-order valence-corrected chi connectivity index (χ2v) is 2.63. The van der Waals surface area contributed by atoms with E-state index in [1.54, 1.807) is 6.92 Å². The first-order valence-corrected chi connectivity index (χ1v) is 4.17. The SMILES string of the molecule is CCn1cc([N+](=O)[O-])c(OCC(F)F)n1. The van der Waals surface area contributed by atoms with Crippen LogP contribution in [-0.2, 0) is 6.54 Å². The number of aromatic nitrogens is 2. The molecule has 0 saturated heterocycles. The molecule has 6 nitrogen and oxygen atoms in total. The summed E-state index contributed by atoms with van der Waals surface area (Å²) in [5.74, 6) is -0.373. The lowest BCUT2D eigenvalue weighted by molar-refractivity contribution is -0.386. The van der Waals surface area contributed by atoms with Crippen LogP contribution in [0.4, 0.5) is 14.5 Å². The van der Waals surface area contributed by atoms with Gasteiger partial charge < -0.3 is 4.74 Å². The lowest BCUT2D eigenvalue weighted by Crippen LogP contribution is -2.08. The highest BCUT2D eigenvalue weighted by molar-refractivity contribution is 5.38. The molecule has 0 aliphatic carbocycles. The maximum atomic E-state index is 11.8. The van der Waals surface area contributed by atoms with Gasteiger partial charge in [-0.3, -0.25) is 14.8 Å². The number of ether oxygens (including phenoxy) is 1. The standard InChI is InChI=1S/C7H9F2N3O3/c1-2-11-3-5(12(13)14)7(10-11)15-4-6(8)9/h3,6H,2,4H2,1H3. The average Bonchev–Trinajstić information content (AvgIpc) is 2.57. The van der Waals surface area contributed by atoms with E-state index in [9.17, 15) is 18.9 Å². The maximum absolute atomic E-state index is 11.8. The van der Waals surface area contributed by atoms with E-state index in [0.717, 1.165) is 6.20 Å². The minimum absolute atomic E-state index is 0.373. The zero-order valence-electron chi connectivity index (χ0n) is 7.89. The molecule has 8 heteroatoms. The van der Waals surface area contributed by atoms with Crippen LogP contribution in [0.15, 0.2) is 6.20 Å². The Morgan fingerprint density at radius 2 is 2.40 bits per heavy atom. The molecule has 0 radical (unpaired) electrons. The lowest BCUT2D eigenvalue weighted by Gasteiger charge is -2.00. The van der Waals surface area contributed by atoms with Gasteiger partial charge in [-0.1, -0.05) is 0 Å². The fraction of sp³-hybridized carbons (Fsp3) is 0.571. The van der Waals surface area contributed by atoms with Crippen LogP contribution in [0.25, 0.3) is 0 Å². The van der Waals surface area contributed by atoms with Crippen LogP contribution in [0.3, 0.4) is 0 Å². The summed E-state index contributed by atoms with van der Waals surface area (Å²) in [6, 6.07) is 0. The number of aryl methyl sites for hydroxylation is 1. The predicted molar refractivity (Wildman–Crippen MR) is 46.1 cm³/mol. The molecule has 84 valence electrons. The molecular formula is C7H9F2N3O3. The zero-order chi connectivity index (χ0) is 11.4. The molecule has 0 aromatic carbocycles. The van der Waals surface area contributed by atoms with Crippen molar-refractivity contribution in [3.8, 4) is 5.88 Å². The van der Waals surface area contributed by atoms with Crippen molar-refractivity contribution in [2.75, 3.05) is 6.61 Å². The molecule has 0 bridgehead atoms. The first-order valence-electron chi connectivity index (χ1n) is 4.17. The fourth-order valence-electron chi connectivity index (χ4n) is 0.925. The number of rotatable bonds is 5. The summed E-state index contributed by atoms with van der Waals surface area (Å²) in [6.45, 7) is 1.22. The van der Waals surface area contributed by atoms with Crippen molar-refractivity contribution >= 4 is 5.69 Å². The largest absolute Gasteiger partial charge is 0.466 e. The van der Waals surface area contributed by atoms with Gasteiger partial charge in [-0.05, 0) is 6.92 Å². The molecule has 1 aromatic heterocycles. The molecule has 0 aliphatic heterocycles. The van der Waals surface area contributed by atoms with E-state index in [0.29, 0.717) is 6.54 Å². The van der Waals surface area contributed by atoms with Gasteiger partial charge in [0.1, 0.15) is 6.20 Å². The van der Waals surface area contributed by atoms with Crippen LogP contribution in [0.1, 0.15) is 6.92 Å². The lowest BCUT2D eigenvalue weighted by atomic mass is 10.5. The van der Waals surface area contributed by atoms with Gasteiger partial charge in [0.25, 0.3) is 6.43 Å². The van der Waals surface area contributed by atoms with Crippen molar-refractivity contribution in [2.45, 2.75) is 19.9 Å². The molecule has 1 rings (SSSR count). The Hall–Kier alpha value is -1.73. The van der Waals surface area contributed by atoms with Crippen LogP contribution >= 0.6 is 0 Å². The van der Waals surface area contributed by atoms with Crippen LogP contribution in [0.5, 0.6) is 5.88 Å². The van der Waals surface area contributed by atoms with Gasteiger partial charge in [0.15, 0.2) is 6.61 Å². The van der Waals surface area contributed by atoms with E-state index in [4.69, 9.17) is 0 Å². The minimum atomic E-state index is -2.68. The molecule has 1 heterocycles. The van der Waals surface area contributed by atoms with Gasteiger partial charge in [0.2, 0.25) is 0 Å². The smallest absolute Gasteiger partial charge is 0.350 e.